The van der Waals surface area contributed by atoms with Crippen LogP contribution >= 0.6 is 12.4 Å². The van der Waals surface area contributed by atoms with Crippen molar-refractivity contribution in [2.75, 3.05) is 0 Å². The molecule has 0 atom stereocenters. The quantitative estimate of drug-likeness (QED) is 0.565. The van der Waals surface area contributed by atoms with Gasteiger partial charge in [0.15, 0.2) is 0 Å². The molecule has 2 aliphatic carbocycles. The molecule has 0 saturated carbocycles. The van der Waals surface area contributed by atoms with Gasteiger partial charge in [-0.05, 0) is 0 Å². The van der Waals surface area contributed by atoms with Crippen LogP contribution in [0.1, 0.15) is 12.8 Å². The number of allylic oxidation sites excluding steroid dienone is 8. The number of rotatable bonds is 4. The Balaban J connectivity index is 0.00000200. The molecule has 0 N–H and O–H groups in total. The molecule has 0 fully saturated rings. The van der Waals surface area contributed by atoms with Crippen molar-refractivity contribution >= 4 is 28.6 Å². The van der Waals surface area contributed by atoms with Crippen LogP contribution in [0.2, 0.25) is 39.3 Å². The van der Waals surface area contributed by atoms with Crippen LogP contribution in [0, 0.1) is 0 Å². The number of hydrogen-bond donors (Lipinski definition) is 0. The Hall–Kier alpha value is 0.268. The fourth-order valence-electron chi connectivity index (χ4n) is 2.73. The Morgan fingerprint density at radius 3 is 1.40 bits per heavy atom. The number of hydrogen-bond acceptors (Lipinski definition) is 0. The minimum atomic E-state index is -1.14. The third kappa shape index (κ3) is 4.14. The maximum Gasteiger partial charge on any atom is -0.147 e. The van der Waals surface area contributed by atoms with Gasteiger partial charge >= 0.3 is 128 Å². The summed E-state index contributed by atoms with van der Waals surface area (Å²) in [5.41, 5.74) is 0. The normalized spacial score (nSPS) is 18.9. The molecule has 0 aromatic carbocycles. The van der Waals surface area contributed by atoms with Crippen LogP contribution in [0.25, 0.3) is 0 Å². The van der Waals surface area contributed by atoms with E-state index in [0.29, 0.717) is 0 Å². The maximum absolute atomic E-state index is 2.49. The molecule has 0 heterocycles. The molecule has 0 nitrogen and oxygen atoms in total. The van der Waals surface area contributed by atoms with Crippen LogP contribution in [-0.2, 0) is 16.3 Å². The standard InChI is InChI=1S/2C8H13Si.ClH.V/c2*1-9(2,3)8-6-4-5-7-8;;/h2*4,6H,5H2,1-3H3;1H;. The van der Waals surface area contributed by atoms with Crippen molar-refractivity contribution in [2.45, 2.75) is 52.1 Å². The Morgan fingerprint density at radius 2 is 1.10 bits per heavy atom. The van der Waals surface area contributed by atoms with E-state index in [4.69, 9.17) is 0 Å². The molecule has 0 bridgehead atoms. The second-order valence-corrected chi connectivity index (χ2v) is 19.7. The predicted molar refractivity (Wildman–Crippen MR) is 95.5 cm³/mol. The minimum Gasteiger partial charge on any atom is -0.147 e. The second-order valence-electron chi connectivity index (χ2n) is 7.55. The zero-order valence-electron chi connectivity index (χ0n) is 13.6. The summed E-state index contributed by atoms with van der Waals surface area (Å²) >= 11 is 0.276. The summed E-state index contributed by atoms with van der Waals surface area (Å²) in [7, 11) is -2.28. The van der Waals surface area contributed by atoms with Crippen molar-refractivity contribution in [3.63, 3.8) is 0 Å². The van der Waals surface area contributed by atoms with E-state index in [9.17, 15) is 0 Å². The van der Waals surface area contributed by atoms with Crippen molar-refractivity contribution in [1.82, 2.24) is 0 Å². The topological polar surface area (TPSA) is 0 Å². The fourth-order valence-corrected chi connectivity index (χ4v) is 11.2. The largest absolute Gasteiger partial charge is 0.147 e. The summed E-state index contributed by atoms with van der Waals surface area (Å²) < 4.78 is 3.62. The Kier molecular flexibility index (Phi) is 6.02. The van der Waals surface area contributed by atoms with Gasteiger partial charge in [0, 0.05) is 0 Å². The second kappa shape index (κ2) is 6.58. The summed E-state index contributed by atoms with van der Waals surface area (Å²) in [5.74, 6) is 0. The zero-order valence-corrected chi connectivity index (χ0v) is 17.8. The van der Waals surface area contributed by atoms with Crippen molar-refractivity contribution in [3.8, 4) is 0 Å². The molecule has 0 aromatic heterocycles. The van der Waals surface area contributed by atoms with E-state index in [1.54, 1.807) is 10.4 Å². The molecular formula is C16H27ClSi2V. The first-order valence-corrected chi connectivity index (χ1v) is 15.6. The van der Waals surface area contributed by atoms with Crippen molar-refractivity contribution in [3.05, 3.63) is 43.3 Å². The van der Waals surface area contributed by atoms with E-state index in [2.05, 4.69) is 63.6 Å². The fraction of sp³-hybridized carbons (Fsp3) is 0.500. The molecule has 2 rings (SSSR count). The van der Waals surface area contributed by atoms with Crippen LogP contribution < -0.4 is 0 Å². The summed E-state index contributed by atoms with van der Waals surface area (Å²) in [6, 6.07) is 0. The Labute approximate surface area is 140 Å². The summed E-state index contributed by atoms with van der Waals surface area (Å²) in [5, 5.41) is 3.50. The first-order valence-electron chi connectivity index (χ1n) is 7.21. The van der Waals surface area contributed by atoms with E-state index in [-0.39, 0.29) is 28.7 Å². The van der Waals surface area contributed by atoms with Gasteiger partial charge in [-0.25, -0.2) is 0 Å². The monoisotopic (exact) mass is 361 g/mol. The van der Waals surface area contributed by atoms with E-state index in [0.717, 1.165) is 0 Å². The molecule has 20 heavy (non-hydrogen) atoms. The molecule has 0 unspecified atom stereocenters. The molecule has 0 radical (unpaired) electrons. The van der Waals surface area contributed by atoms with Gasteiger partial charge in [-0.3, -0.25) is 0 Å². The summed E-state index contributed by atoms with van der Waals surface area (Å²) in [6.45, 7) is 14.9. The molecule has 0 spiro atoms. The van der Waals surface area contributed by atoms with Crippen LogP contribution in [0.4, 0.5) is 0 Å². The number of halogens is 1. The predicted octanol–water partition coefficient (Wildman–Crippen LogP) is 5.67. The Morgan fingerprint density at radius 1 is 0.750 bits per heavy atom. The van der Waals surface area contributed by atoms with Gasteiger partial charge in [-0.2, -0.15) is 0 Å². The van der Waals surface area contributed by atoms with Gasteiger partial charge in [0.05, 0.1) is 0 Å². The van der Waals surface area contributed by atoms with Crippen molar-refractivity contribution in [2.24, 2.45) is 0 Å². The van der Waals surface area contributed by atoms with E-state index < -0.39 is 16.1 Å². The molecule has 0 aromatic rings. The molecule has 0 aliphatic heterocycles. The molecule has 0 amide bonds. The van der Waals surface area contributed by atoms with E-state index >= 15 is 0 Å². The third-order valence-corrected chi connectivity index (χ3v) is 10.7. The van der Waals surface area contributed by atoms with Crippen molar-refractivity contribution < 1.29 is 16.3 Å². The van der Waals surface area contributed by atoms with E-state index in [1.807, 2.05) is 8.57 Å². The van der Waals surface area contributed by atoms with Gasteiger partial charge in [-0.15, -0.1) is 12.4 Å². The van der Waals surface area contributed by atoms with Crippen LogP contribution in [-0.4, -0.2) is 16.1 Å². The first-order chi connectivity index (χ1) is 8.69. The molecular weight excluding hydrogens is 335 g/mol. The van der Waals surface area contributed by atoms with Crippen LogP contribution in [0.5, 0.6) is 0 Å². The molecule has 2 aliphatic rings. The third-order valence-electron chi connectivity index (χ3n) is 3.70. The average molecular weight is 362 g/mol. The minimum absolute atomic E-state index is 0. The van der Waals surface area contributed by atoms with Crippen molar-refractivity contribution in [1.29, 1.82) is 0 Å². The SMILES string of the molecule is C[Si](C)(C)C1=[C]([V][C]2=C([Si](C)(C)C)C=CC2)CC=C1.Cl. The smallest absolute Gasteiger partial charge is 0.147 e. The van der Waals surface area contributed by atoms with Gasteiger partial charge in [0.25, 0.3) is 0 Å². The van der Waals surface area contributed by atoms with Gasteiger partial charge in [0.1, 0.15) is 0 Å². The zero-order chi connectivity index (χ0) is 14.3. The average Bonchev–Trinajstić information content (AvgIpc) is 2.83. The molecule has 111 valence electrons. The first kappa shape index (κ1) is 18.3. The van der Waals surface area contributed by atoms with Gasteiger partial charge in [-0.1, -0.05) is 0 Å². The van der Waals surface area contributed by atoms with Crippen LogP contribution in [0.3, 0.4) is 0 Å². The summed E-state index contributed by atoms with van der Waals surface area (Å²) in [4.78, 5) is 0. The molecule has 4 heteroatoms. The maximum atomic E-state index is 2.49. The van der Waals surface area contributed by atoms with E-state index in [1.165, 1.54) is 12.8 Å². The van der Waals surface area contributed by atoms with Gasteiger partial charge < -0.3 is 0 Å². The summed E-state index contributed by atoms with van der Waals surface area (Å²) in [6.07, 6.45) is 12.2. The van der Waals surface area contributed by atoms with Crippen LogP contribution in [0.15, 0.2) is 43.3 Å². The Bertz CT molecular complexity index is 454. The molecule has 0 saturated heterocycles. The van der Waals surface area contributed by atoms with Gasteiger partial charge in [0.2, 0.25) is 0 Å².